The van der Waals surface area contributed by atoms with E-state index in [4.69, 9.17) is 4.52 Å². The zero-order valence-corrected chi connectivity index (χ0v) is 13.7. The Hall–Kier alpha value is -3.55. The van der Waals surface area contributed by atoms with E-state index < -0.39 is 0 Å². The molecule has 8 nitrogen and oxygen atoms in total. The van der Waals surface area contributed by atoms with E-state index in [0.29, 0.717) is 36.1 Å². The van der Waals surface area contributed by atoms with E-state index in [1.165, 1.54) is 0 Å². The average molecular weight is 346 g/mol. The van der Waals surface area contributed by atoms with Crippen molar-refractivity contribution in [3.8, 4) is 11.5 Å². The van der Waals surface area contributed by atoms with Crippen molar-refractivity contribution >= 4 is 16.8 Å². The number of nitrogens with zero attached hydrogens (tertiary/aromatic N) is 5. The second-order valence-corrected chi connectivity index (χ2v) is 6.20. The molecule has 1 aromatic carbocycles. The zero-order chi connectivity index (χ0) is 17.5. The van der Waals surface area contributed by atoms with Gasteiger partial charge in [-0.25, -0.2) is 4.98 Å². The molecule has 26 heavy (non-hydrogen) atoms. The van der Waals surface area contributed by atoms with Crippen molar-refractivity contribution in [2.24, 2.45) is 0 Å². The normalized spacial score (nSPS) is 14.5. The lowest BCUT2D eigenvalue weighted by atomic mass is 9.98. The summed E-state index contributed by atoms with van der Waals surface area (Å²) >= 11 is 0. The highest BCUT2D eigenvalue weighted by molar-refractivity contribution is 6.07. The predicted octanol–water partition coefficient (Wildman–Crippen LogP) is 2.25. The minimum absolute atomic E-state index is 0.00682. The minimum atomic E-state index is 0.00682. The quantitative estimate of drug-likeness (QED) is 0.610. The number of aromatic nitrogens is 5. The number of hydrogen-bond acceptors (Lipinski definition) is 6. The van der Waals surface area contributed by atoms with Crippen LogP contribution in [0.4, 0.5) is 0 Å². The van der Waals surface area contributed by atoms with Gasteiger partial charge < -0.3 is 14.4 Å². The molecule has 128 valence electrons. The molecule has 0 atom stereocenters. The van der Waals surface area contributed by atoms with E-state index in [2.05, 4.69) is 25.1 Å². The summed E-state index contributed by atoms with van der Waals surface area (Å²) in [6.07, 6.45) is 6.52. The summed E-state index contributed by atoms with van der Waals surface area (Å²) in [4.78, 5) is 30.2. The first-order valence-corrected chi connectivity index (χ1v) is 8.25. The molecule has 0 radical (unpaired) electrons. The predicted molar refractivity (Wildman–Crippen MR) is 92.3 cm³/mol. The molecule has 0 unspecified atom stereocenters. The van der Waals surface area contributed by atoms with Crippen LogP contribution in [0.5, 0.6) is 0 Å². The Labute approximate surface area is 147 Å². The lowest BCUT2D eigenvalue weighted by molar-refractivity contribution is 0.0571. The monoisotopic (exact) mass is 346 g/mol. The Bertz CT molecular complexity index is 1080. The van der Waals surface area contributed by atoms with Gasteiger partial charge in [-0.05, 0) is 6.07 Å². The Balaban J connectivity index is 1.30. The summed E-state index contributed by atoms with van der Waals surface area (Å²) in [6.45, 7) is 1.11. The van der Waals surface area contributed by atoms with E-state index in [0.717, 1.165) is 10.9 Å². The largest absolute Gasteiger partial charge is 0.360 e. The van der Waals surface area contributed by atoms with Crippen molar-refractivity contribution in [2.45, 2.75) is 5.92 Å². The molecular formula is C18H14N6O2. The maximum absolute atomic E-state index is 12.7. The number of para-hydroxylation sites is 1. The number of H-pyrrole nitrogens is 1. The highest BCUT2D eigenvalue weighted by Crippen LogP contribution is 2.30. The Morgan fingerprint density at radius 3 is 2.96 bits per heavy atom. The smallest absolute Gasteiger partial charge is 0.256 e. The highest BCUT2D eigenvalue weighted by atomic mass is 16.5. The summed E-state index contributed by atoms with van der Waals surface area (Å²) in [5.74, 6) is 0.984. The molecule has 1 aliphatic heterocycles. The number of likely N-dealkylation sites (tertiary alicyclic amines) is 1. The van der Waals surface area contributed by atoms with Crippen LogP contribution in [0.15, 0.2) is 53.6 Å². The fourth-order valence-corrected chi connectivity index (χ4v) is 3.14. The second-order valence-electron chi connectivity index (χ2n) is 6.20. The molecule has 0 bridgehead atoms. The van der Waals surface area contributed by atoms with Gasteiger partial charge in [0, 0.05) is 42.6 Å². The molecule has 1 N–H and O–H groups in total. The maximum atomic E-state index is 12.7. The number of nitrogens with one attached hydrogen (secondary N) is 1. The van der Waals surface area contributed by atoms with Gasteiger partial charge in [0.1, 0.15) is 5.69 Å². The van der Waals surface area contributed by atoms with Crippen molar-refractivity contribution in [1.82, 2.24) is 30.0 Å². The average Bonchev–Trinajstić information content (AvgIpc) is 3.28. The third kappa shape index (κ3) is 2.34. The number of rotatable bonds is 3. The fourth-order valence-electron chi connectivity index (χ4n) is 3.14. The van der Waals surface area contributed by atoms with Gasteiger partial charge in [-0.1, -0.05) is 23.4 Å². The number of carbonyl (C=O) groups excluding carboxylic acids is 1. The van der Waals surface area contributed by atoms with Gasteiger partial charge in [-0.2, -0.15) is 4.98 Å². The molecule has 1 aliphatic rings. The van der Waals surface area contributed by atoms with Crippen LogP contribution in [-0.2, 0) is 0 Å². The van der Waals surface area contributed by atoms with Crippen molar-refractivity contribution in [1.29, 1.82) is 0 Å². The molecule has 1 fully saturated rings. The second kappa shape index (κ2) is 5.76. The molecular weight excluding hydrogens is 332 g/mol. The highest BCUT2D eigenvalue weighted by Gasteiger charge is 2.36. The summed E-state index contributed by atoms with van der Waals surface area (Å²) in [6, 6.07) is 7.77. The van der Waals surface area contributed by atoms with E-state index >= 15 is 0 Å². The maximum Gasteiger partial charge on any atom is 0.256 e. The molecule has 0 aliphatic carbocycles. The van der Waals surface area contributed by atoms with Crippen LogP contribution in [0.1, 0.15) is 22.2 Å². The van der Waals surface area contributed by atoms with Crippen molar-refractivity contribution in [3.05, 3.63) is 60.5 Å². The van der Waals surface area contributed by atoms with Crippen LogP contribution in [0.2, 0.25) is 0 Å². The molecule has 4 heterocycles. The Kier molecular flexibility index (Phi) is 3.27. The first kappa shape index (κ1) is 14.8. The van der Waals surface area contributed by atoms with E-state index in [1.807, 2.05) is 24.3 Å². The topological polar surface area (TPSA) is 101 Å². The minimum Gasteiger partial charge on any atom is -0.360 e. The van der Waals surface area contributed by atoms with Crippen molar-refractivity contribution in [2.75, 3.05) is 13.1 Å². The molecule has 0 spiro atoms. The van der Waals surface area contributed by atoms with Crippen LogP contribution in [0.3, 0.4) is 0 Å². The summed E-state index contributed by atoms with van der Waals surface area (Å²) < 4.78 is 5.34. The lowest BCUT2D eigenvalue weighted by Gasteiger charge is -2.36. The van der Waals surface area contributed by atoms with Crippen LogP contribution in [-0.4, -0.2) is 49.0 Å². The first-order chi connectivity index (χ1) is 12.8. The number of hydrogen-bond donors (Lipinski definition) is 1. The van der Waals surface area contributed by atoms with Crippen LogP contribution in [0.25, 0.3) is 22.4 Å². The van der Waals surface area contributed by atoms with Gasteiger partial charge in [0.2, 0.25) is 11.7 Å². The van der Waals surface area contributed by atoms with Gasteiger partial charge in [0.25, 0.3) is 5.91 Å². The lowest BCUT2D eigenvalue weighted by Crippen LogP contribution is -2.48. The Morgan fingerprint density at radius 1 is 1.23 bits per heavy atom. The summed E-state index contributed by atoms with van der Waals surface area (Å²) in [5, 5.41) is 4.89. The first-order valence-electron chi connectivity index (χ1n) is 8.25. The number of carbonyl (C=O) groups is 1. The third-order valence-corrected chi connectivity index (χ3v) is 4.57. The van der Waals surface area contributed by atoms with Gasteiger partial charge in [-0.3, -0.25) is 9.78 Å². The van der Waals surface area contributed by atoms with Crippen LogP contribution < -0.4 is 0 Å². The van der Waals surface area contributed by atoms with Gasteiger partial charge in [0.15, 0.2) is 0 Å². The SMILES string of the molecule is O=C(c1c[nH]c2ccccc12)N1CC(c2nc(-c3cnccn3)no2)C1. The van der Waals surface area contributed by atoms with Gasteiger partial charge >= 0.3 is 0 Å². The van der Waals surface area contributed by atoms with Gasteiger partial charge in [0.05, 0.1) is 17.7 Å². The summed E-state index contributed by atoms with van der Waals surface area (Å²) in [7, 11) is 0. The summed E-state index contributed by atoms with van der Waals surface area (Å²) in [5.41, 5.74) is 2.21. The molecule has 1 saturated heterocycles. The van der Waals surface area contributed by atoms with E-state index in [9.17, 15) is 4.79 Å². The number of aromatic amines is 1. The molecule has 3 aromatic heterocycles. The van der Waals surface area contributed by atoms with E-state index in [-0.39, 0.29) is 11.8 Å². The Morgan fingerprint density at radius 2 is 2.12 bits per heavy atom. The number of amides is 1. The zero-order valence-electron chi connectivity index (χ0n) is 13.7. The van der Waals surface area contributed by atoms with Crippen molar-refractivity contribution in [3.63, 3.8) is 0 Å². The number of benzene rings is 1. The van der Waals surface area contributed by atoms with Gasteiger partial charge in [-0.15, -0.1) is 0 Å². The molecule has 1 amide bonds. The molecule has 0 saturated carbocycles. The van der Waals surface area contributed by atoms with E-state index in [1.54, 1.807) is 29.7 Å². The fraction of sp³-hybridized carbons (Fsp3) is 0.167. The van der Waals surface area contributed by atoms with Crippen LogP contribution >= 0.6 is 0 Å². The molecule has 8 heteroatoms. The molecule has 5 rings (SSSR count). The standard InChI is InChI=1S/C18H14N6O2/c25-18(13-7-21-14-4-2-1-3-12(13)14)24-9-11(10-24)17-22-16(23-26-17)15-8-19-5-6-20-15/h1-8,11,21H,9-10H2. The van der Waals surface area contributed by atoms with Crippen LogP contribution in [0, 0.1) is 0 Å². The third-order valence-electron chi connectivity index (χ3n) is 4.57. The van der Waals surface area contributed by atoms with Crippen molar-refractivity contribution < 1.29 is 9.32 Å². The molecule has 4 aromatic rings. The number of fused-ring (bicyclic) bond motifs is 1.